The van der Waals surface area contributed by atoms with Crippen LogP contribution in [-0.4, -0.2) is 5.91 Å². The monoisotopic (exact) mass is 274 g/mol. The predicted octanol–water partition coefficient (Wildman–Crippen LogP) is 2.16. The largest absolute Gasteiger partial charge is 0.440 e. The Morgan fingerprint density at radius 2 is 2.00 bits per heavy atom. The average molecular weight is 274 g/mol. The Bertz CT molecular complexity index is 745. The SMILES string of the molecule is CCC(C)(C)c1ccc2oc(N)c(C(N)=O)c(=O)c2c1. The van der Waals surface area contributed by atoms with Crippen LogP contribution in [0.3, 0.4) is 0 Å². The van der Waals surface area contributed by atoms with Crippen molar-refractivity contribution in [1.82, 2.24) is 0 Å². The average Bonchev–Trinajstić information content (AvgIpc) is 2.37. The molecule has 0 unspecified atom stereocenters. The van der Waals surface area contributed by atoms with Gasteiger partial charge in [-0.1, -0.05) is 26.8 Å². The molecule has 0 fully saturated rings. The number of nitrogen functional groups attached to an aromatic ring is 1. The molecule has 1 amide bonds. The molecule has 1 aromatic heterocycles. The minimum Gasteiger partial charge on any atom is -0.440 e. The minimum atomic E-state index is -0.877. The molecule has 2 rings (SSSR count). The van der Waals surface area contributed by atoms with Crippen molar-refractivity contribution in [3.05, 3.63) is 39.5 Å². The molecule has 0 radical (unpaired) electrons. The molecule has 106 valence electrons. The molecule has 1 aromatic carbocycles. The van der Waals surface area contributed by atoms with Gasteiger partial charge in [0.05, 0.1) is 5.39 Å². The molecule has 4 N–H and O–H groups in total. The minimum absolute atomic E-state index is 0.0745. The molecular weight excluding hydrogens is 256 g/mol. The van der Waals surface area contributed by atoms with Gasteiger partial charge in [0.2, 0.25) is 11.3 Å². The van der Waals surface area contributed by atoms with E-state index in [1.807, 2.05) is 6.07 Å². The van der Waals surface area contributed by atoms with Crippen LogP contribution >= 0.6 is 0 Å². The third kappa shape index (κ3) is 2.15. The van der Waals surface area contributed by atoms with Crippen LogP contribution in [-0.2, 0) is 5.41 Å². The third-order valence-electron chi connectivity index (χ3n) is 3.83. The molecule has 0 aliphatic carbocycles. The van der Waals surface area contributed by atoms with Crippen molar-refractivity contribution in [3.63, 3.8) is 0 Å². The number of benzene rings is 1. The van der Waals surface area contributed by atoms with Gasteiger partial charge in [-0.2, -0.15) is 0 Å². The van der Waals surface area contributed by atoms with E-state index in [9.17, 15) is 9.59 Å². The van der Waals surface area contributed by atoms with Gasteiger partial charge in [0, 0.05) is 0 Å². The number of primary amides is 1. The van der Waals surface area contributed by atoms with Gasteiger partial charge in [-0.05, 0) is 29.5 Å². The summed E-state index contributed by atoms with van der Waals surface area (Å²) in [5, 5.41) is 0.326. The Kier molecular flexibility index (Phi) is 3.29. The molecule has 0 bridgehead atoms. The number of carbonyl (C=O) groups is 1. The summed E-state index contributed by atoms with van der Waals surface area (Å²) in [5.41, 5.74) is 11.3. The normalized spacial score (nSPS) is 11.8. The second-order valence-corrected chi connectivity index (χ2v) is 5.48. The molecule has 0 saturated carbocycles. The van der Waals surface area contributed by atoms with E-state index in [4.69, 9.17) is 15.9 Å². The van der Waals surface area contributed by atoms with E-state index in [0.717, 1.165) is 12.0 Å². The van der Waals surface area contributed by atoms with E-state index in [1.54, 1.807) is 12.1 Å². The Balaban J connectivity index is 2.81. The van der Waals surface area contributed by atoms with E-state index in [1.165, 1.54) is 0 Å². The number of hydrogen-bond donors (Lipinski definition) is 2. The van der Waals surface area contributed by atoms with Crippen molar-refractivity contribution in [1.29, 1.82) is 0 Å². The van der Waals surface area contributed by atoms with Crippen LogP contribution in [0.2, 0.25) is 0 Å². The lowest BCUT2D eigenvalue weighted by Gasteiger charge is -2.23. The van der Waals surface area contributed by atoms with Crippen LogP contribution in [0.25, 0.3) is 11.0 Å². The van der Waals surface area contributed by atoms with Gasteiger partial charge in [0.1, 0.15) is 11.1 Å². The summed E-state index contributed by atoms with van der Waals surface area (Å²) in [7, 11) is 0. The standard InChI is InChI=1S/C15H18N2O3/c1-4-15(2,3)8-5-6-10-9(7-8)12(18)11(13(16)19)14(17)20-10/h5-7H,4,17H2,1-3H3,(H2,16,19). The smallest absolute Gasteiger partial charge is 0.258 e. The molecule has 0 spiro atoms. The first-order valence-electron chi connectivity index (χ1n) is 6.44. The highest BCUT2D eigenvalue weighted by atomic mass is 16.3. The zero-order valence-corrected chi connectivity index (χ0v) is 11.8. The Morgan fingerprint density at radius 3 is 2.55 bits per heavy atom. The molecule has 0 aliphatic rings. The van der Waals surface area contributed by atoms with E-state index >= 15 is 0 Å². The van der Waals surface area contributed by atoms with Gasteiger partial charge in [-0.25, -0.2) is 0 Å². The highest BCUT2D eigenvalue weighted by Crippen LogP contribution is 2.29. The number of rotatable bonds is 3. The van der Waals surface area contributed by atoms with Crippen molar-refractivity contribution < 1.29 is 9.21 Å². The third-order valence-corrected chi connectivity index (χ3v) is 3.83. The number of anilines is 1. The van der Waals surface area contributed by atoms with Crippen LogP contribution in [0, 0.1) is 0 Å². The molecule has 0 aliphatic heterocycles. The first-order valence-corrected chi connectivity index (χ1v) is 6.44. The van der Waals surface area contributed by atoms with Crippen molar-refractivity contribution in [2.24, 2.45) is 5.73 Å². The predicted molar refractivity (Wildman–Crippen MR) is 78.7 cm³/mol. The van der Waals surface area contributed by atoms with Crippen LogP contribution in [0.5, 0.6) is 0 Å². The van der Waals surface area contributed by atoms with E-state index in [0.29, 0.717) is 11.0 Å². The van der Waals surface area contributed by atoms with Gasteiger partial charge in [-0.3, -0.25) is 9.59 Å². The summed E-state index contributed by atoms with van der Waals surface area (Å²) >= 11 is 0. The van der Waals surface area contributed by atoms with Crippen LogP contribution < -0.4 is 16.9 Å². The van der Waals surface area contributed by atoms with Crippen molar-refractivity contribution >= 4 is 22.8 Å². The molecule has 2 aromatic rings. The molecule has 0 saturated heterocycles. The Labute approximate surface area is 116 Å². The maximum Gasteiger partial charge on any atom is 0.258 e. The van der Waals surface area contributed by atoms with Crippen LogP contribution in [0.15, 0.2) is 27.4 Å². The number of carbonyl (C=O) groups excluding carboxylic acids is 1. The fourth-order valence-corrected chi connectivity index (χ4v) is 2.07. The summed E-state index contributed by atoms with van der Waals surface area (Å²) in [6.45, 7) is 6.24. The lowest BCUT2D eigenvalue weighted by atomic mass is 9.82. The highest BCUT2D eigenvalue weighted by molar-refractivity contribution is 5.99. The maximum atomic E-state index is 12.3. The molecular formula is C15H18N2O3. The number of nitrogens with two attached hydrogens (primary N) is 2. The second kappa shape index (κ2) is 4.67. The van der Waals surface area contributed by atoms with E-state index < -0.39 is 11.3 Å². The van der Waals surface area contributed by atoms with Crippen molar-refractivity contribution in [2.45, 2.75) is 32.6 Å². The fraction of sp³-hybridized carbons (Fsp3) is 0.333. The molecule has 1 heterocycles. The molecule has 0 atom stereocenters. The Hall–Kier alpha value is -2.30. The van der Waals surface area contributed by atoms with Gasteiger partial charge >= 0.3 is 0 Å². The molecule has 5 heteroatoms. The zero-order valence-electron chi connectivity index (χ0n) is 11.8. The number of hydrogen-bond acceptors (Lipinski definition) is 4. The maximum absolute atomic E-state index is 12.3. The Morgan fingerprint density at radius 1 is 1.35 bits per heavy atom. The lowest BCUT2D eigenvalue weighted by Crippen LogP contribution is -2.24. The zero-order chi connectivity index (χ0) is 15.1. The summed E-state index contributed by atoms with van der Waals surface area (Å²) < 4.78 is 5.31. The van der Waals surface area contributed by atoms with E-state index in [-0.39, 0.29) is 16.9 Å². The first kappa shape index (κ1) is 14.1. The van der Waals surface area contributed by atoms with Crippen molar-refractivity contribution in [2.75, 3.05) is 5.73 Å². The second-order valence-electron chi connectivity index (χ2n) is 5.48. The van der Waals surface area contributed by atoms with Gasteiger partial charge < -0.3 is 15.9 Å². The summed E-state index contributed by atoms with van der Waals surface area (Å²) in [6.07, 6.45) is 0.918. The molecule has 5 nitrogen and oxygen atoms in total. The lowest BCUT2D eigenvalue weighted by molar-refractivity contribution is 0.0999. The van der Waals surface area contributed by atoms with Gasteiger partial charge in [0.25, 0.3) is 5.91 Å². The summed E-state index contributed by atoms with van der Waals surface area (Å²) in [6, 6.07) is 5.35. The fourth-order valence-electron chi connectivity index (χ4n) is 2.07. The van der Waals surface area contributed by atoms with Gasteiger partial charge in [0.15, 0.2) is 0 Å². The number of fused-ring (bicyclic) bond motifs is 1. The first-order chi connectivity index (χ1) is 9.27. The quantitative estimate of drug-likeness (QED) is 0.895. The van der Waals surface area contributed by atoms with Crippen LogP contribution in [0.4, 0.5) is 5.88 Å². The topological polar surface area (TPSA) is 99.3 Å². The van der Waals surface area contributed by atoms with Gasteiger partial charge in [-0.15, -0.1) is 0 Å². The summed E-state index contributed by atoms with van der Waals surface area (Å²) in [4.78, 5) is 23.6. The molecule has 20 heavy (non-hydrogen) atoms. The number of amides is 1. The van der Waals surface area contributed by atoms with Crippen molar-refractivity contribution in [3.8, 4) is 0 Å². The van der Waals surface area contributed by atoms with Crippen LogP contribution in [0.1, 0.15) is 43.1 Å². The summed E-state index contributed by atoms with van der Waals surface area (Å²) in [5.74, 6) is -1.11. The highest BCUT2D eigenvalue weighted by Gasteiger charge is 2.21. The van der Waals surface area contributed by atoms with E-state index in [2.05, 4.69) is 20.8 Å².